The molecule has 2 rings (SSSR count). The van der Waals surface area contributed by atoms with E-state index in [0.29, 0.717) is 4.67 Å². The Labute approximate surface area is 115 Å². The van der Waals surface area contributed by atoms with Crippen molar-refractivity contribution in [2.75, 3.05) is 7.11 Å². The van der Waals surface area contributed by atoms with Gasteiger partial charge in [0.15, 0.2) is 4.67 Å². The summed E-state index contributed by atoms with van der Waals surface area (Å²) in [7, 11) is 1.67. The van der Waals surface area contributed by atoms with Crippen LogP contribution in [0.15, 0.2) is 33.5 Å². The third-order valence-electron chi connectivity index (χ3n) is 3.10. The van der Waals surface area contributed by atoms with Gasteiger partial charge < -0.3 is 14.9 Å². The maximum atomic E-state index is 6.29. The number of nitrogens with two attached hydrogens (primary N) is 1. The van der Waals surface area contributed by atoms with Crippen molar-refractivity contribution in [3.05, 3.63) is 51.4 Å². The number of ether oxygens (including phenoxy) is 1. The summed E-state index contributed by atoms with van der Waals surface area (Å²) in [5.74, 6) is 0.884. The Morgan fingerprint density at radius 2 is 1.94 bits per heavy atom. The first-order chi connectivity index (χ1) is 8.54. The molecule has 1 heterocycles. The number of methoxy groups -OCH3 is 1. The van der Waals surface area contributed by atoms with Gasteiger partial charge >= 0.3 is 0 Å². The van der Waals surface area contributed by atoms with Gasteiger partial charge in [-0.1, -0.05) is 6.07 Å². The maximum Gasteiger partial charge on any atom is 0.174 e. The second kappa shape index (κ2) is 5.16. The molecule has 3 nitrogen and oxygen atoms in total. The van der Waals surface area contributed by atoms with Crippen molar-refractivity contribution in [1.82, 2.24) is 0 Å². The largest absolute Gasteiger partial charge is 0.496 e. The molecule has 0 aliphatic rings. The van der Waals surface area contributed by atoms with Gasteiger partial charge in [0, 0.05) is 5.56 Å². The number of hydrogen-bond donors (Lipinski definition) is 1. The summed E-state index contributed by atoms with van der Waals surface area (Å²) in [6, 6.07) is 5.76. The number of furan rings is 1. The molecule has 1 aromatic heterocycles. The Morgan fingerprint density at radius 1 is 1.22 bits per heavy atom. The molecule has 0 bridgehead atoms. The van der Waals surface area contributed by atoms with Crippen molar-refractivity contribution in [2.24, 2.45) is 5.73 Å². The lowest BCUT2D eigenvalue weighted by molar-refractivity contribution is 0.411. The van der Waals surface area contributed by atoms with Crippen molar-refractivity contribution in [3.8, 4) is 5.75 Å². The summed E-state index contributed by atoms with van der Waals surface area (Å²) in [5.41, 5.74) is 10.5. The fourth-order valence-corrected chi connectivity index (χ4v) is 2.55. The highest BCUT2D eigenvalue weighted by Crippen LogP contribution is 2.32. The molecule has 0 amide bonds. The highest BCUT2D eigenvalue weighted by atomic mass is 79.9. The van der Waals surface area contributed by atoms with Crippen LogP contribution in [0.3, 0.4) is 0 Å². The van der Waals surface area contributed by atoms with E-state index in [2.05, 4.69) is 22.0 Å². The molecule has 1 unspecified atom stereocenters. The predicted octanol–water partition coefficient (Wildman–Crippen LogP) is 3.72. The van der Waals surface area contributed by atoms with Crippen LogP contribution in [0.25, 0.3) is 0 Å². The van der Waals surface area contributed by atoms with Gasteiger partial charge in [0.25, 0.3) is 0 Å². The van der Waals surface area contributed by atoms with Crippen molar-refractivity contribution in [2.45, 2.75) is 19.9 Å². The van der Waals surface area contributed by atoms with Crippen molar-refractivity contribution < 1.29 is 9.15 Å². The van der Waals surface area contributed by atoms with Crippen LogP contribution in [0.4, 0.5) is 0 Å². The van der Waals surface area contributed by atoms with Gasteiger partial charge in [0.05, 0.1) is 19.4 Å². The Balaban J connectivity index is 2.46. The average Bonchev–Trinajstić information content (AvgIpc) is 2.77. The third-order valence-corrected chi connectivity index (χ3v) is 3.74. The zero-order chi connectivity index (χ0) is 13.3. The normalized spacial score (nSPS) is 12.5. The zero-order valence-electron chi connectivity index (χ0n) is 10.7. The molecule has 0 aliphatic carbocycles. The number of benzene rings is 1. The zero-order valence-corrected chi connectivity index (χ0v) is 12.2. The Kier molecular flexibility index (Phi) is 3.78. The maximum absolute atomic E-state index is 6.29. The highest BCUT2D eigenvalue weighted by molar-refractivity contribution is 9.10. The molecule has 2 aromatic rings. The molecule has 1 aromatic carbocycles. The second-order valence-corrected chi connectivity index (χ2v) is 5.03. The summed E-state index contributed by atoms with van der Waals surface area (Å²) in [4.78, 5) is 0. The number of rotatable bonds is 3. The molecule has 0 spiro atoms. The SMILES string of the molecule is COc1cc(C)c(C(N)c2ccoc2Br)cc1C. The summed E-state index contributed by atoms with van der Waals surface area (Å²) >= 11 is 3.36. The quantitative estimate of drug-likeness (QED) is 0.940. The summed E-state index contributed by atoms with van der Waals surface area (Å²) in [6.45, 7) is 4.05. The van der Waals surface area contributed by atoms with Crippen LogP contribution in [0.5, 0.6) is 5.75 Å². The van der Waals surface area contributed by atoms with Crippen LogP contribution in [-0.4, -0.2) is 7.11 Å². The van der Waals surface area contributed by atoms with Gasteiger partial charge in [-0.05, 0) is 58.6 Å². The minimum atomic E-state index is -0.206. The molecule has 0 radical (unpaired) electrons. The van der Waals surface area contributed by atoms with Crippen LogP contribution in [0, 0.1) is 13.8 Å². The fourth-order valence-electron chi connectivity index (χ4n) is 2.06. The van der Waals surface area contributed by atoms with Gasteiger partial charge in [-0.15, -0.1) is 0 Å². The van der Waals surface area contributed by atoms with Crippen molar-refractivity contribution in [1.29, 1.82) is 0 Å². The lowest BCUT2D eigenvalue weighted by Crippen LogP contribution is -2.13. The number of aryl methyl sites for hydroxylation is 2. The van der Waals surface area contributed by atoms with Gasteiger partial charge in [-0.3, -0.25) is 0 Å². The molecular weight excluding hydrogens is 294 g/mol. The standard InChI is InChI=1S/C14H16BrNO2/c1-8-7-12(17-3)9(2)6-11(8)13(16)10-4-5-18-14(10)15/h4-7,13H,16H2,1-3H3. The van der Waals surface area contributed by atoms with Gasteiger partial charge in [0.1, 0.15) is 5.75 Å². The predicted molar refractivity (Wildman–Crippen MR) is 74.9 cm³/mol. The molecule has 4 heteroatoms. The lowest BCUT2D eigenvalue weighted by atomic mass is 9.95. The first-order valence-electron chi connectivity index (χ1n) is 5.68. The average molecular weight is 310 g/mol. The Morgan fingerprint density at radius 3 is 2.50 bits per heavy atom. The van der Waals surface area contributed by atoms with E-state index in [1.807, 2.05) is 26.0 Å². The van der Waals surface area contributed by atoms with Crippen LogP contribution in [0.1, 0.15) is 28.3 Å². The monoisotopic (exact) mass is 309 g/mol. The molecule has 2 N–H and O–H groups in total. The number of halogens is 1. The van der Waals surface area contributed by atoms with E-state index < -0.39 is 0 Å². The third kappa shape index (κ3) is 2.31. The lowest BCUT2D eigenvalue weighted by Gasteiger charge is -2.16. The molecular formula is C14H16BrNO2. The molecule has 0 fully saturated rings. The van der Waals surface area contributed by atoms with Gasteiger partial charge in [-0.2, -0.15) is 0 Å². The van der Waals surface area contributed by atoms with E-state index in [4.69, 9.17) is 14.9 Å². The van der Waals surface area contributed by atoms with Crippen LogP contribution < -0.4 is 10.5 Å². The minimum absolute atomic E-state index is 0.206. The molecule has 0 aliphatic heterocycles. The number of hydrogen-bond acceptors (Lipinski definition) is 3. The molecule has 0 saturated heterocycles. The Hall–Kier alpha value is -1.26. The van der Waals surface area contributed by atoms with E-state index >= 15 is 0 Å². The van der Waals surface area contributed by atoms with E-state index in [1.165, 1.54) is 0 Å². The Bertz CT molecular complexity index is 563. The first-order valence-corrected chi connectivity index (χ1v) is 6.47. The fraction of sp³-hybridized carbons (Fsp3) is 0.286. The van der Waals surface area contributed by atoms with Crippen LogP contribution in [-0.2, 0) is 0 Å². The van der Waals surface area contributed by atoms with E-state index in [9.17, 15) is 0 Å². The molecule has 96 valence electrons. The van der Waals surface area contributed by atoms with Gasteiger partial charge in [0.2, 0.25) is 0 Å². The summed E-state index contributed by atoms with van der Waals surface area (Å²) < 4.78 is 11.2. The molecule has 0 saturated carbocycles. The second-order valence-electron chi connectivity index (χ2n) is 4.31. The summed E-state index contributed by atoms with van der Waals surface area (Å²) in [5, 5.41) is 0. The van der Waals surface area contributed by atoms with Crippen molar-refractivity contribution >= 4 is 15.9 Å². The molecule has 1 atom stereocenters. The summed E-state index contributed by atoms with van der Waals surface area (Å²) in [6.07, 6.45) is 1.63. The molecule has 18 heavy (non-hydrogen) atoms. The highest BCUT2D eigenvalue weighted by Gasteiger charge is 2.17. The van der Waals surface area contributed by atoms with Gasteiger partial charge in [-0.25, -0.2) is 0 Å². The van der Waals surface area contributed by atoms with E-state index in [0.717, 1.165) is 28.0 Å². The van der Waals surface area contributed by atoms with Crippen LogP contribution >= 0.6 is 15.9 Å². The first kappa shape index (κ1) is 13.2. The van der Waals surface area contributed by atoms with Crippen molar-refractivity contribution in [3.63, 3.8) is 0 Å². The minimum Gasteiger partial charge on any atom is -0.496 e. The van der Waals surface area contributed by atoms with Crippen LogP contribution in [0.2, 0.25) is 0 Å². The smallest absolute Gasteiger partial charge is 0.174 e. The van der Waals surface area contributed by atoms with E-state index in [1.54, 1.807) is 13.4 Å². The topological polar surface area (TPSA) is 48.4 Å². The van der Waals surface area contributed by atoms with E-state index in [-0.39, 0.29) is 6.04 Å².